The van der Waals surface area contributed by atoms with E-state index in [1.807, 2.05) is 0 Å². The van der Waals surface area contributed by atoms with Crippen molar-refractivity contribution >= 4 is 35.2 Å². The molecule has 0 amide bonds. The van der Waals surface area contributed by atoms with Crippen LogP contribution in [-0.4, -0.2) is 5.97 Å². The molecular weight excluding hydrogens is 223 g/mol. The number of hydrogen-bond acceptors (Lipinski definition) is 2. The molecule has 1 aromatic rings. The second-order valence-electron chi connectivity index (χ2n) is 2.57. The third kappa shape index (κ3) is 2.50. The van der Waals surface area contributed by atoms with Crippen molar-refractivity contribution in [2.45, 2.75) is 6.92 Å². The first-order valence-corrected chi connectivity index (χ1v) is 4.52. The molecular formula is C10H8Cl2O2. The second-order valence-corrected chi connectivity index (χ2v) is 3.39. The summed E-state index contributed by atoms with van der Waals surface area (Å²) in [6.45, 7) is 2.39. The average molecular weight is 232 g/mol. The summed E-state index contributed by atoms with van der Waals surface area (Å²) in [5.41, 5.74) is 0.677. The lowest BCUT2D eigenvalue weighted by atomic mass is 10.2. The van der Waals surface area contributed by atoms with Crippen LogP contribution in [0, 0.1) is 0 Å². The Morgan fingerprint density at radius 1 is 1.57 bits per heavy atom. The van der Waals surface area contributed by atoms with Gasteiger partial charge in [0.25, 0.3) is 0 Å². The van der Waals surface area contributed by atoms with Crippen molar-refractivity contribution in [3.8, 4) is 5.75 Å². The van der Waals surface area contributed by atoms with Crippen LogP contribution >= 0.6 is 23.2 Å². The first kappa shape index (κ1) is 9.56. The van der Waals surface area contributed by atoms with Gasteiger partial charge in [0.05, 0.1) is 11.4 Å². The van der Waals surface area contributed by atoms with Crippen LogP contribution in [0.15, 0.2) is 18.7 Å². The maximum Gasteiger partial charge on any atom is 0.308 e. The largest absolute Gasteiger partial charge is 0.424 e. The van der Waals surface area contributed by atoms with Gasteiger partial charge in [0.1, 0.15) is 0 Å². The van der Waals surface area contributed by atoms with Crippen molar-refractivity contribution < 1.29 is 10.9 Å². The Labute approximate surface area is 93.5 Å². The van der Waals surface area contributed by atoms with Gasteiger partial charge in [0.15, 0.2) is 5.75 Å². The average Bonchev–Trinajstić information content (AvgIpc) is 2.11. The quantitative estimate of drug-likeness (QED) is 0.575. The minimum absolute atomic E-state index is 0.146. The molecule has 0 aliphatic carbocycles. The highest BCUT2D eigenvalue weighted by Gasteiger charge is 2.10. The van der Waals surface area contributed by atoms with Gasteiger partial charge < -0.3 is 4.74 Å². The van der Waals surface area contributed by atoms with Gasteiger partial charge in [-0.1, -0.05) is 35.8 Å². The minimum Gasteiger partial charge on any atom is -0.424 e. The van der Waals surface area contributed by atoms with Crippen LogP contribution in [0.4, 0.5) is 0 Å². The summed E-state index contributed by atoms with van der Waals surface area (Å²) in [4.78, 5) is 10.7. The Kier molecular flexibility index (Phi) is 3.07. The molecule has 0 saturated heterocycles. The molecule has 0 radical (unpaired) electrons. The van der Waals surface area contributed by atoms with Crippen LogP contribution in [0.25, 0.3) is 6.08 Å². The Hall–Kier alpha value is -0.990. The third-order valence-corrected chi connectivity index (χ3v) is 2.02. The van der Waals surface area contributed by atoms with Crippen molar-refractivity contribution in [2.75, 3.05) is 0 Å². The summed E-state index contributed by atoms with van der Waals surface area (Å²) < 4.78 is 11.7. The molecule has 0 aliphatic heterocycles. The molecule has 4 heteroatoms. The fourth-order valence-corrected chi connectivity index (χ4v) is 1.50. The van der Waals surface area contributed by atoms with Gasteiger partial charge in [-0.15, -0.1) is 0 Å². The number of hydrogen-bond donors (Lipinski definition) is 0. The summed E-state index contributed by atoms with van der Waals surface area (Å²) in [5, 5.41) is 0.483. The predicted molar refractivity (Wildman–Crippen MR) is 57.9 cm³/mol. The topological polar surface area (TPSA) is 26.3 Å². The number of ether oxygens (including phenoxy) is 1. The number of benzene rings is 1. The van der Waals surface area contributed by atoms with Crippen molar-refractivity contribution in [3.63, 3.8) is 0 Å². The van der Waals surface area contributed by atoms with Crippen molar-refractivity contribution in [1.29, 1.82) is 0 Å². The van der Waals surface area contributed by atoms with Crippen LogP contribution in [0.2, 0.25) is 10.0 Å². The molecule has 74 valence electrons. The zero-order valence-corrected chi connectivity index (χ0v) is 8.89. The van der Waals surface area contributed by atoms with Crippen molar-refractivity contribution in [3.05, 3.63) is 34.3 Å². The van der Waals surface area contributed by atoms with Crippen molar-refractivity contribution in [1.82, 2.24) is 0 Å². The predicted octanol–water partition coefficient (Wildman–Crippen LogP) is 3.56. The highest BCUT2D eigenvalue weighted by Crippen LogP contribution is 2.34. The SMILES string of the molecule is [2H]C=Cc1cc(Cl)c(OC(C)=O)c(Cl)c1. The van der Waals surface area contributed by atoms with E-state index < -0.39 is 5.97 Å². The molecule has 14 heavy (non-hydrogen) atoms. The van der Waals surface area contributed by atoms with Crippen LogP contribution in [0.5, 0.6) is 5.75 Å². The number of carbonyl (C=O) groups is 1. The van der Waals surface area contributed by atoms with Crippen LogP contribution < -0.4 is 4.74 Å². The van der Waals surface area contributed by atoms with Gasteiger partial charge in [-0.2, -0.15) is 0 Å². The molecule has 1 rings (SSSR count). The molecule has 2 nitrogen and oxygen atoms in total. The van der Waals surface area contributed by atoms with Gasteiger partial charge in [-0.25, -0.2) is 0 Å². The molecule has 0 saturated carbocycles. The third-order valence-electron chi connectivity index (χ3n) is 1.46. The fourth-order valence-electron chi connectivity index (χ4n) is 0.917. The standard InChI is InChI=1S/C10H8Cl2O2/c1-3-7-4-8(11)10(9(12)5-7)14-6(2)13/h3-5H,1H2,2H3/i1D. The molecule has 0 spiro atoms. The first-order valence-electron chi connectivity index (χ1n) is 4.34. The van der Waals surface area contributed by atoms with E-state index in [0.29, 0.717) is 5.56 Å². The molecule has 0 fully saturated rings. The van der Waals surface area contributed by atoms with E-state index in [1.54, 1.807) is 12.1 Å². The Bertz CT molecular complexity index is 393. The van der Waals surface area contributed by atoms with E-state index in [-0.39, 0.29) is 15.8 Å². The summed E-state index contributed by atoms with van der Waals surface area (Å²) in [6, 6.07) is 3.13. The van der Waals surface area contributed by atoms with Gasteiger partial charge in [0.2, 0.25) is 0 Å². The molecule has 0 bridgehead atoms. The van der Waals surface area contributed by atoms with Gasteiger partial charge in [-0.05, 0) is 17.7 Å². The van der Waals surface area contributed by atoms with E-state index in [4.69, 9.17) is 29.3 Å². The van der Waals surface area contributed by atoms with Crippen LogP contribution in [-0.2, 0) is 4.79 Å². The zero-order chi connectivity index (χ0) is 11.4. The lowest BCUT2D eigenvalue weighted by Gasteiger charge is -2.07. The molecule has 0 atom stereocenters. The summed E-state index contributed by atoms with van der Waals surface area (Å²) in [6.07, 6.45) is 1.52. The Morgan fingerprint density at radius 2 is 2.14 bits per heavy atom. The zero-order valence-electron chi connectivity index (χ0n) is 8.38. The maximum atomic E-state index is 10.7. The van der Waals surface area contributed by atoms with Gasteiger partial charge >= 0.3 is 5.97 Å². The number of esters is 1. The highest BCUT2D eigenvalue weighted by atomic mass is 35.5. The first-order chi connectivity index (χ1) is 7.04. The Morgan fingerprint density at radius 3 is 2.57 bits per heavy atom. The maximum absolute atomic E-state index is 10.7. The van der Waals surface area contributed by atoms with E-state index in [2.05, 4.69) is 0 Å². The van der Waals surface area contributed by atoms with E-state index in [1.165, 1.54) is 13.0 Å². The normalized spacial score (nSPS) is 11.5. The smallest absolute Gasteiger partial charge is 0.308 e. The monoisotopic (exact) mass is 231 g/mol. The molecule has 0 N–H and O–H groups in total. The molecule has 1 aromatic carbocycles. The van der Waals surface area contributed by atoms with Gasteiger partial charge in [-0.3, -0.25) is 4.79 Å². The van der Waals surface area contributed by atoms with E-state index in [0.717, 1.165) is 6.55 Å². The minimum atomic E-state index is -0.484. The molecule has 0 heterocycles. The summed E-state index contributed by atoms with van der Waals surface area (Å²) in [5.74, 6) is -0.337. The number of rotatable bonds is 2. The fraction of sp³-hybridized carbons (Fsp3) is 0.100. The molecule has 0 aromatic heterocycles. The van der Waals surface area contributed by atoms with E-state index in [9.17, 15) is 4.79 Å². The number of halogens is 2. The van der Waals surface area contributed by atoms with Crippen LogP contribution in [0.3, 0.4) is 0 Å². The second kappa shape index (κ2) is 4.49. The molecule has 0 aliphatic rings. The summed E-state index contributed by atoms with van der Waals surface area (Å²) in [7, 11) is 0. The highest BCUT2D eigenvalue weighted by molar-refractivity contribution is 6.37. The van der Waals surface area contributed by atoms with Gasteiger partial charge in [0, 0.05) is 6.92 Å². The lowest BCUT2D eigenvalue weighted by molar-refractivity contribution is -0.131. The van der Waals surface area contributed by atoms with Crippen molar-refractivity contribution in [2.24, 2.45) is 0 Å². The molecule has 0 unspecified atom stereocenters. The summed E-state index contributed by atoms with van der Waals surface area (Å²) >= 11 is 11.7. The number of carbonyl (C=O) groups excluding carboxylic acids is 1. The lowest BCUT2D eigenvalue weighted by Crippen LogP contribution is -2.02. The van der Waals surface area contributed by atoms with Crippen LogP contribution in [0.1, 0.15) is 13.9 Å². The Balaban J connectivity index is 3.14. The van der Waals surface area contributed by atoms with E-state index >= 15 is 0 Å².